The van der Waals surface area contributed by atoms with Crippen LogP contribution in [0.4, 0.5) is 23.2 Å². The van der Waals surface area contributed by atoms with E-state index in [0.29, 0.717) is 0 Å². The first-order valence-corrected chi connectivity index (χ1v) is 6.13. The van der Waals surface area contributed by atoms with Gasteiger partial charge in [-0.15, -0.1) is 0 Å². The van der Waals surface area contributed by atoms with E-state index in [1.807, 2.05) is 0 Å². The van der Waals surface area contributed by atoms with E-state index in [0.717, 1.165) is 6.07 Å². The molecule has 4 nitrogen and oxygen atoms in total. The van der Waals surface area contributed by atoms with E-state index < -0.39 is 24.5 Å². The molecule has 0 fully saturated rings. The van der Waals surface area contributed by atoms with Gasteiger partial charge in [0, 0.05) is 11.3 Å². The van der Waals surface area contributed by atoms with Crippen LogP contribution >= 0.6 is 12.2 Å². The number of nitrogens with two attached hydrogens (primary N) is 1. The molecule has 0 aliphatic heterocycles. The number of rotatable bonds is 6. The summed E-state index contributed by atoms with van der Waals surface area (Å²) >= 11 is 4.64. The zero-order chi connectivity index (χ0) is 16.0. The Morgan fingerprint density at radius 3 is 2.62 bits per heavy atom. The Kier molecular flexibility index (Phi) is 6.03. The zero-order valence-corrected chi connectivity index (χ0v) is 11.5. The fraction of sp³-hybridized carbons (Fsp3) is 0.333. The molecular weight excluding hydrogens is 312 g/mol. The van der Waals surface area contributed by atoms with Crippen molar-refractivity contribution in [3.63, 3.8) is 0 Å². The molecule has 0 bridgehead atoms. The van der Waals surface area contributed by atoms with E-state index in [4.69, 9.17) is 5.73 Å². The molecule has 9 heteroatoms. The molecule has 0 atom stereocenters. The van der Waals surface area contributed by atoms with Crippen LogP contribution in [0.1, 0.15) is 12.0 Å². The summed E-state index contributed by atoms with van der Waals surface area (Å²) in [6.07, 6.45) is -4.70. The van der Waals surface area contributed by atoms with Crippen LogP contribution in [0, 0.1) is 5.82 Å². The van der Waals surface area contributed by atoms with Gasteiger partial charge in [-0.3, -0.25) is 4.79 Å². The number of anilines is 1. The Labute approximate surface area is 123 Å². The molecule has 116 valence electrons. The van der Waals surface area contributed by atoms with Crippen LogP contribution in [0.3, 0.4) is 0 Å². The SMILES string of the molecule is NC(=S)c1cc(NC(=O)CCOCC(F)(F)F)ccc1F. The van der Waals surface area contributed by atoms with Crippen LogP contribution < -0.4 is 11.1 Å². The average Bonchev–Trinajstić information content (AvgIpc) is 2.35. The van der Waals surface area contributed by atoms with Crippen molar-refractivity contribution in [2.75, 3.05) is 18.5 Å². The quantitative estimate of drug-likeness (QED) is 0.479. The van der Waals surface area contributed by atoms with E-state index in [9.17, 15) is 22.4 Å². The number of ether oxygens (including phenoxy) is 1. The Bertz CT molecular complexity index is 534. The van der Waals surface area contributed by atoms with E-state index in [2.05, 4.69) is 22.3 Å². The Hall–Kier alpha value is -1.74. The van der Waals surface area contributed by atoms with Crippen LogP contribution in [0.2, 0.25) is 0 Å². The number of carbonyl (C=O) groups is 1. The lowest BCUT2D eigenvalue weighted by atomic mass is 10.2. The van der Waals surface area contributed by atoms with Crippen LogP contribution in [-0.4, -0.2) is 30.3 Å². The summed E-state index contributed by atoms with van der Waals surface area (Å²) in [4.78, 5) is 11.3. The lowest BCUT2D eigenvalue weighted by molar-refractivity contribution is -0.174. The molecule has 0 aromatic heterocycles. The third-order valence-electron chi connectivity index (χ3n) is 2.25. The van der Waals surface area contributed by atoms with Crippen LogP contribution in [0.25, 0.3) is 0 Å². The fourth-order valence-electron chi connectivity index (χ4n) is 1.37. The van der Waals surface area contributed by atoms with Crippen molar-refractivity contribution in [2.24, 2.45) is 5.73 Å². The second-order valence-corrected chi connectivity index (χ2v) is 4.46. The summed E-state index contributed by atoms with van der Waals surface area (Å²) in [7, 11) is 0. The highest BCUT2D eigenvalue weighted by atomic mass is 32.1. The normalized spacial score (nSPS) is 11.2. The maximum absolute atomic E-state index is 13.3. The number of benzene rings is 1. The highest BCUT2D eigenvalue weighted by Crippen LogP contribution is 2.16. The first-order valence-electron chi connectivity index (χ1n) is 5.73. The van der Waals surface area contributed by atoms with Crippen LogP contribution in [0.15, 0.2) is 18.2 Å². The summed E-state index contributed by atoms with van der Waals surface area (Å²) in [6, 6.07) is 3.60. The minimum atomic E-state index is -4.43. The smallest absolute Gasteiger partial charge is 0.389 e. The second kappa shape index (κ2) is 7.32. The van der Waals surface area contributed by atoms with E-state index in [1.165, 1.54) is 12.1 Å². The molecule has 1 aromatic rings. The number of thiocarbonyl (C=S) groups is 1. The monoisotopic (exact) mass is 324 g/mol. The van der Waals surface area contributed by atoms with Gasteiger partial charge in [-0.1, -0.05) is 12.2 Å². The van der Waals surface area contributed by atoms with Crippen molar-refractivity contribution in [2.45, 2.75) is 12.6 Å². The second-order valence-electron chi connectivity index (χ2n) is 4.02. The number of hydrogen-bond acceptors (Lipinski definition) is 3. The molecule has 1 amide bonds. The predicted molar refractivity (Wildman–Crippen MR) is 72.4 cm³/mol. The molecule has 0 saturated heterocycles. The van der Waals surface area contributed by atoms with Gasteiger partial charge in [-0.05, 0) is 18.2 Å². The Balaban J connectivity index is 2.48. The van der Waals surface area contributed by atoms with Gasteiger partial charge in [0.05, 0.1) is 13.0 Å². The van der Waals surface area contributed by atoms with Gasteiger partial charge in [0.25, 0.3) is 0 Å². The van der Waals surface area contributed by atoms with Gasteiger partial charge in [0.2, 0.25) is 5.91 Å². The lowest BCUT2D eigenvalue weighted by Crippen LogP contribution is -2.20. The molecule has 0 radical (unpaired) electrons. The lowest BCUT2D eigenvalue weighted by Gasteiger charge is -2.09. The molecule has 0 saturated carbocycles. The van der Waals surface area contributed by atoms with Crippen molar-refractivity contribution in [3.8, 4) is 0 Å². The van der Waals surface area contributed by atoms with E-state index >= 15 is 0 Å². The van der Waals surface area contributed by atoms with E-state index in [1.54, 1.807) is 0 Å². The number of nitrogens with one attached hydrogen (secondary N) is 1. The minimum absolute atomic E-state index is 0.0314. The van der Waals surface area contributed by atoms with Crippen molar-refractivity contribution in [1.82, 2.24) is 0 Å². The Morgan fingerprint density at radius 1 is 1.38 bits per heavy atom. The maximum atomic E-state index is 13.3. The molecular formula is C12H12F4N2O2S. The molecule has 0 aliphatic carbocycles. The van der Waals surface area contributed by atoms with Crippen molar-refractivity contribution < 1.29 is 27.1 Å². The number of halogens is 4. The van der Waals surface area contributed by atoms with Crippen molar-refractivity contribution in [1.29, 1.82) is 0 Å². The van der Waals surface area contributed by atoms with Gasteiger partial charge in [0.1, 0.15) is 17.4 Å². The van der Waals surface area contributed by atoms with Gasteiger partial charge in [-0.2, -0.15) is 13.2 Å². The maximum Gasteiger partial charge on any atom is 0.411 e. The molecule has 1 rings (SSSR count). The molecule has 0 aliphatic rings. The zero-order valence-electron chi connectivity index (χ0n) is 10.7. The van der Waals surface area contributed by atoms with Crippen molar-refractivity contribution >= 4 is 28.8 Å². The van der Waals surface area contributed by atoms with Crippen molar-refractivity contribution in [3.05, 3.63) is 29.6 Å². The number of carbonyl (C=O) groups excluding carboxylic acids is 1. The molecule has 0 heterocycles. The highest BCUT2D eigenvalue weighted by Gasteiger charge is 2.27. The van der Waals surface area contributed by atoms with Crippen LogP contribution in [0.5, 0.6) is 0 Å². The molecule has 0 spiro atoms. The van der Waals surface area contributed by atoms with Gasteiger partial charge in [0.15, 0.2) is 0 Å². The molecule has 3 N–H and O–H groups in total. The predicted octanol–water partition coefficient (Wildman–Crippen LogP) is 2.37. The number of alkyl halides is 3. The summed E-state index contributed by atoms with van der Waals surface area (Å²) < 4.78 is 53.0. The standard InChI is InChI=1S/C12H12F4N2O2S/c13-9-2-1-7(5-8(9)11(17)21)18-10(19)3-4-20-6-12(14,15)16/h1-2,5H,3-4,6H2,(H2,17,21)(H,18,19). The third kappa shape index (κ3) is 6.50. The first-order chi connectivity index (χ1) is 9.69. The summed E-state index contributed by atoms with van der Waals surface area (Å²) in [5.74, 6) is -1.20. The average molecular weight is 324 g/mol. The highest BCUT2D eigenvalue weighted by molar-refractivity contribution is 7.80. The largest absolute Gasteiger partial charge is 0.411 e. The third-order valence-corrected chi connectivity index (χ3v) is 2.47. The Morgan fingerprint density at radius 2 is 2.05 bits per heavy atom. The molecule has 0 unspecified atom stereocenters. The number of hydrogen-bond donors (Lipinski definition) is 2. The number of amides is 1. The summed E-state index contributed by atoms with van der Waals surface area (Å²) in [5.41, 5.74) is 5.51. The first kappa shape index (κ1) is 17.3. The van der Waals surface area contributed by atoms with Gasteiger partial charge in [-0.25, -0.2) is 4.39 Å². The molecule has 21 heavy (non-hydrogen) atoms. The van der Waals surface area contributed by atoms with Crippen LogP contribution in [-0.2, 0) is 9.53 Å². The van der Waals surface area contributed by atoms with Gasteiger partial charge >= 0.3 is 6.18 Å². The topological polar surface area (TPSA) is 64.3 Å². The summed E-state index contributed by atoms with van der Waals surface area (Å²) in [6.45, 7) is -1.79. The molecule has 1 aromatic carbocycles. The van der Waals surface area contributed by atoms with E-state index in [-0.39, 0.29) is 29.3 Å². The minimum Gasteiger partial charge on any atom is -0.389 e. The fourth-order valence-corrected chi connectivity index (χ4v) is 1.52. The van der Waals surface area contributed by atoms with Gasteiger partial charge < -0.3 is 15.8 Å². The summed E-state index contributed by atoms with van der Waals surface area (Å²) in [5, 5.41) is 2.38.